The van der Waals surface area contributed by atoms with Gasteiger partial charge in [0.1, 0.15) is 17.9 Å². The van der Waals surface area contributed by atoms with Crippen LogP contribution < -0.4 is 20.7 Å². The molecule has 2 heterocycles. The molecule has 2 amide bonds. The number of hydrogen-bond acceptors (Lipinski definition) is 13. The third-order valence-corrected chi connectivity index (χ3v) is 9.02. The van der Waals surface area contributed by atoms with Crippen molar-refractivity contribution in [2.45, 2.75) is 12.1 Å². The van der Waals surface area contributed by atoms with E-state index in [1.807, 2.05) is 0 Å². The lowest BCUT2D eigenvalue weighted by atomic mass is 10.00. The van der Waals surface area contributed by atoms with Gasteiger partial charge in [-0.2, -0.15) is 5.10 Å². The molecule has 0 spiro atoms. The van der Waals surface area contributed by atoms with Crippen molar-refractivity contribution in [1.82, 2.24) is 26.1 Å². The van der Waals surface area contributed by atoms with Gasteiger partial charge in [-0.15, -0.1) is 12.4 Å². The van der Waals surface area contributed by atoms with E-state index in [0.29, 0.717) is 91.3 Å². The predicted octanol–water partition coefficient (Wildman–Crippen LogP) is 3.12. The van der Waals surface area contributed by atoms with Crippen LogP contribution in [0.3, 0.4) is 0 Å². The second-order valence-electron chi connectivity index (χ2n) is 13.1. The van der Waals surface area contributed by atoms with Crippen molar-refractivity contribution in [3.63, 3.8) is 0 Å². The average Bonchev–Trinajstić information content (AvgIpc) is 3.91. The van der Waals surface area contributed by atoms with Crippen LogP contribution in [0.25, 0.3) is 10.9 Å². The Kier molecular flexibility index (Phi) is 21.3. The summed E-state index contributed by atoms with van der Waals surface area (Å²) < 4.78 is 72.4. The predicted molar refractivity (Wildman–Crippen MR) is 217 cm³/mol. The highest BCUT2D eigenvalue weighted by atomic mass is 35.5. The molecule has 1 aromatic heterocycles. The summed E-state index contributed by atoms with van der Waals surface area (Å²) in [5.41, 5.74) is 0.847. The van der Waals surface area contributed by atoms with Gasteiger partial charge < -0.3 is 53.8 Å². The lowest BCUT2D eigenvalue weighted by Gasteiger charge is -2.21. The fourth-order valence-electron chi connectivity index (χ4n) is 5.90. The number of amides is 2. The maximum atomic E-state index is 15.0. The van der Waals surface area contributed by atoms with Gasteiger partial charge in [-0.25, -0.2) is 8.78 Å². The normalized spacial score (nSPS) is 14.8. The van der Waals surface area contributed by atoms with E-state index >= 15 is 4.39 Å². The van der Waals surface area contributed by atoms with Crippen LogP contribution in [0.15, 0.2) is 60.8 Å². The Morgan fingerprint density at radius 1 is 0.650 bits per heavy atom. The molecule has 2 atom stereocenters. The van der Waals surface area contributed by atoms with Crippen LogP contribution in [-0.2, 0) is 33.2 Å². The van der Waals surface area contributed by atoms with Crippen LogP contribution in [0.5, 0.6) is 5.75 Å². The van der Waals surface area contributed by atoms with Gasteiger partial charge in [-0.1, -0.05) is 18.2 Å². The maximum absolute atomic E-state index is 15.0. The van der Waals surface area contributed by atoms with Crippen LogP contribution >= 0.6 is 12.4 Å². The number of halogens is 3. The van der Waals surface area contributed by atoms with Crippen LogP contribution in [0.1, 0.15) is 36.6 Å². The standard InChI is InChI=1S/C41H51F2N5O11.ClH/c1-52-10-11-53-12-13-54-14-15-55-16-17-56-18-19-57-20-21-58-22-23-59-36-9-8-32(42)38(43)37(36)39(49)28-2-4-29(5-3-28)40(50)46-34-26-44-27-35(34)47-41(51)30-6-7-31-25-45-48-33(31)24-30;/h2-9,24-25,34-35,44H,10-23,26-27H2,1H3,(H,45,48)(H,46,50)(H,47,51);1H/t34-,35-;/m1./s1. The first-order chi connectivity index (χ1) is 28.9. The van der Waals surface area contributed by atoms with Gasteiger partial charge in [0.25, 0.3) is 11.8 Å². The van der Waals surface area contributed by atoms with Gasteiger partial charge in [0.05, 0.1) is 110 Å². The SMILES string of the molecule is COCCOCCOCCOCCOCCOCCOCCOc1ccc(F)c(F)c1C(=O)c1ccc(C(=O)N[C@@H]2CNC[C@H]2NC(=O)c2ccc3cn[nH]c3c2)cc1.Cl. The Balaban J connectivity index is 0.00000794. The number of benzene rings is 3. The number of nitrogens with one attached hydrogen (secondary N) is 4. The molecule has 19 heteroatoms. The van der Waals surface area contributed by atoms with E-state index in [1.54, 1.807) is 31.5 Å². The number of nitrogens with zero attached hydrogens (tertiary/aromatic N) is 1. The van der Waals surface area contributed by atoms with Crippen molar-refractivity contribution >= 4 is 40.9 Å². The minimum atomic E-state index is -1.35. The first-order valence-corrected chi connectivity index (χ1v) is 19.3. The molecule has 16 nitrogen and oxygen atoms in total. The number of aromatic amines is 1. The van der Waals surface area contributed by atoms with Crippen molar-refractivity contribution in [3.05, 3.63) is 94.7 Å². The molecule has 0 aliphatic carbocycles. The van der Waals surface area contributed by atoms with Gasteiger partial charge >= 0.3 is 0 Å². The Bertz CT molecular complexity index is 1920. The van der Waals surface area contributed by atoms with Crippen molar-refractivity contribution < 1.29 is 61.1 Å². The number of hydrogen-bond donors (Lipinski definition) is 4. The average molecular weight is 864 g/mol. The number of ketones is 1. The number of fused-ring (bicyclic) bond motifs is 1. The number of H-pyrrole nitrogens is 1. The van der Waals surface area contributed by atoms with Gasteiger partial charge in [-0.05, 0) is 36.4 Å². The summed E-state index contributed by atoms with van der Waals surface area (Å²) in [6, 6.07) is 12.0. The zero-order valence-electron chi connectivity index (χ0n) is 33.3. The largest absolute Gasteiger partial charge is 0.490 e. The first-order valence-electron chi connectivity index (χ1n) is 19.3. The molecule has 328 valence electrons. The summed E-state index contributed by atoms with van der Waals surface area (Å²) in [7, 11) is 1.62. The van der Waals surface area contributed by atoms with E-state index in [9.17, 15) is 18.8 Å². The molecular weight excluding hydrogens is 812 g/mol. The van der Waals surface area contributed by atoms with Crippen LogP contribution in [-0.4, -0.2) is 153 Å². The van der Waals surface area contributed by atoms with Crippen molar-refractivity contribution in [1.29, 1.82) is 0 Å². The zero-order valence-corrected chi connectivity index (χ0v) is 34.2. The molecule has 4 aromatic rings. The summed E-state index contributed by atoms with van der Waals surface area (Å²) in [6.45, 7) is 6.11. The van der Waals surface area contributed by atoms with Gasteiger partial charge in [-0.3, -0.25) is 19.5 Å². The van der Waals surface area contributed by atoms with E-state index in [1.165, 1.54) is 30.3 Å². The van der Waals surface area contributed by atoms with Gasteiger partial charge in [0, 0.05) is 42.3 Å². The summed E-state index contributed by atoms with van der Waals surface area (Å²) in [4.78, 5) is 39.6. The molecular formula is C41H52ClF2N5O11. The molecule has 60 heavy (non-hydrogen) atoms. The minimum Gasteiger partial charge on any atom is -0.490 e. The molecule has 1 aliphatic rings. The maximum Gasteiger partial charge on any atom is 0.251 e. The fourth-order valence-corrected chi connectivity index (χ4v) is 5.90. The third-order valence-electron chi connectivity index (χ3n) is 9.02. The molecule has 0 radical (unpaired) electrons. The summed E-state index contributed by atoms with van der Waals surface area (Å²) in [6.07, 6.45) is 1.67. The zero-order chi connectivity index (χ0) is 41.7. The van der Waals surface area contributed by atoms with E-state index in [0.717, 1.165) is 17.0 Å². The Morgan fingerprint density at radius 2 is 1.13 bits per heavy atom. The summed E-state index contributed by atoms with van der Waals surface area (Å²) in [5.74, 6) is -4.28. The molecule has 1 aliphatic heterocycles. The summed E-state index contributed by atoms with van der Waals surface area (Å²) >= 11 is 0. The number of carbonyl (C=O) groups excluding carboxylic acids is 3. The topological polar surface area (TPSA) is 190 Å². The quantitative estimate of drug-likeness (QED) is 0.0482. The Morgan fingerprint density at radius 3 is 1.68 bits per heavy atom. The fraction of sp³-hybridized carbons (Fsp3) is 0.463. The molecule has 0 bridgehead atoms. The number of carbonyl (C=O) groups is 3. The smallest absolute Gasteiger partial charge is 0.251 e. The third kappa shape index (κ3) is 15.1. The van der Waals surface area contributed by atoms with E-state index in [-0.39, 0.29) is 61.1 Å². The van der Waals surface area contributed by atoms with Crippen LogP contribution in [0.2, 0.25) is 0 Å². The van der Waals surface area contributed by atoms with E-state index < -0.39 is 34.9 Å². The highest BCUT2D eigenvalue weighted by Gasteiger charge is 2.30. The molecule has 0 saturated carbocycles. The highest BCUT2D eigenvalue weighted by Crippen LogP contribution is 2.27. The minimum absolute atomic E-state index is 0. The summed E-state index contributed by atoms with van der Waals surface area (Å²) in [5, 5.41) is 16.7. The van der Waals surface area contributed by atoms with Crippen LogP contribution in [0.4, 0.5) is 8.78 Å². The Labute approximate surface area is 352 Å². The molecule has 0 unspecified atom stereocenters. The van der Waals surface area contributed by atoms with Gasteiger partial charge in [0.15, 0.2) is 17.4 Å². The second kappa shape index (κ2) is 26.6. The molecule has 5 rings (SSSR count). The molecule has 1 fully saturated rings. The Hall–Kier alpha value is -4.63. The van der Waals surface area contributed by atoms with Crippen molar-refractivity contribution in [2.75, 3.05) is 113 Å². The van der Waals surface area contributed by atoms with Gasteiger partial charge in [0.2, 0.25) is 0 Å². The van der Waals surface area contributed by atoms with Crippen molar-refractivity contribution in [2.24, 2.45) is 0 Å². The molecule has 3 aromatic carbocycles. The number of ether oxygens (including phenoxy) is 8. The lowest BCUT2D eigenvalue weighted by Crippen LogP contribution is -2.51. The number of methoxy groups -OCH3 is 1. The van der Waals surface area contributed by atoms with Crippen LogP contribution in [0, 0.1) is 11.6 Å². The number of rotatable bonds is 28. The first kappa shape index (κ1) is 48.0. The number of aromatic nitrogens is 2. The van der Waals surface area contributed by atoms with E-state index in [4.69, 9.17) is 37.9 Å². The highest BCUT2D eigenvalue weighted by molar-refractivity contribution is 6.11. The van der Waals surface area contributed by atoms with Crippen molar-refractivity contribution in [3.8, 4) is 5.75 Å². The monoisotopic (exact) mass is 863 g/mol. The second-order valence-corrected chi connectivity index (χ2v) is 13.1. The lowest BCUT2D eigenvalue weighted by molar-refractivity contribution is -0.0199. The molecule has 4 N–H and O–H groups in total. The van der Waals surface area contributed by atoms with E-state index in [2.05, 4.69) is 26.1 Å². The molecule has 1 saturated heterocycles.